The molecule has 0 fully saturated rings. The normalized spacial score (nSPS) is 12.0. The van der Waals surface area contributed by atoms with Crippen molar-refractivity contribution in [2.45, 2.75) is 9.79 Å². The van der Waals surface area contributed by atoms with Crippen LogP contribution in [0.1, 0.15) is 0 Å². The van der Waals surface area contributed by atoms with Gasteiger partial charge in [0.25, 0.3) is 0 Å². The summed E-state index contributed by atoms with van der Waals surface area (Å²) in [5.41, 5.74) is 10.7. The number of hydrogen-bond acceptors (Lipinski definition) is 4. The Balaban J connectivity index is 1.19. The van der Waals surface area contributed by atoms with Crippen molar-refractivity contribution in [1.29, 1.82) is 0 Å². The van der Waals surface area contributed by atoms with E-state index in [-0.39, 0.29) is 0 Å². The van der Waals surface area contributed by atoms with E-state index in [4.69, 9.17) is 9.97 Å². The first-order chi connectivity index (χ1) is 21.8. The van der Waals surface area contributed by atoms with E-state index < -0.39 is 0 Å². The third kappa shape index (κ3) is 4.96. The van der Waals surface area contributed by atoms with Crippen LogP contribution < -0.4 is 4.90 Å². The predicted molar refractivity (Wildman–Crippen MR) is 183 cm³/mol. The van der Waals surface area contributed by atoms with E-state index in [1.165, 1.54) is 32.3 Å². The highest BCUT2D eigenvalue weighted by molar-refractivity contribution is 7.99. The molecule has 7 aromatic rings. The topological polar surface area (TPSA) is 29.0 Å². The predicted octanol–water partition coefficient (Wildman–Crippen LogP) is 11.1. The average molecular weight is 582 g/mol. The van der Waals surface area contributed by atoms with Crippen LogP contribution in [-0.2, 0) is 0 Å². The molecule has 1 aliphatic rings. The number of rotatable bonds is 5. The molecule has 208 valence electrons. The lowest BCUT2D eigenvalue weighted by Crippen LogP contribution is -2.14. The second kappa shape index (κ2) is 11.3. The van der Waals surface area contributed by atoms with Crippen LogP contribution in [0.25, 0.3) is 45.0 Å². The summed E-state index contributed by atoms with van der Waals surface area (Å²) in [5, 5.41) is 0. The summed E-state index contributed by atoms with van der Waals surface area (Å²) in [4.78, 5) is 15.0. The maximum absolute atomic E-state index is 5.09. The molecule has 0 spiro atoms. The molecule has 1 aromatic heterocycles. The van der Waals surface area contributed by atoms with Crippen LogP contribution in [0.5, 0.6) is 0 Å². The van der Waals surface area contributed by atoms with Crippen LogP contribution in [0.15, 0.2) is 174 Å². The molecule has 0 unspecified atom stereocenters. The van der Waals surface area contributed by atoms with Crippen LogP contribution in [0.3, 0.4) is 0 Å². The van der Waals surface area contributed by atoms with Crippen molar-refractivity contribution >= 4 is 28.8 Å². The smallest absolute Gasteiger partial charge is 0.160 e. The summed E-state index contributed by atoms with van der Waals surface area (Å²) >= 11 is 1.82. The van der Waals surface area contributed by atoms with E-state index in [2.05, 4.69) is 144 Å². The summed E-state index contributed by atoms with van der Waals surface area (Å²) in [5.74, 6) is 0.704. The van der Waals surface area contributed by atoms with Crippen molar-refractivity contribution in [3.05, 3.63) is 164 Å². The number of nitrogens with zero attached hydrogens (tertiary/aromatic N) is 3. The van der Waals surface area contributed by atoms with E-state index in [0.717, 1.165) is 33.8 Å². The molecule has 0 radical (unpaired) electrons. The molecule has 1 aliphatic heterocycles. The number of benzene rings is 6. The minimum atomic E-state index is 0.704. The quantitative estimate of drug-likeness (QED) is 0.202. The Labute approximate surface area is 261 Å². The molecule has 0 saturated carbocycles. The van der Waals surface area contributed by atoms with E-state index in [0.29, 0.717) is 5.82 Å². The summed E-state index contributed by atoms with van der Waals surface area (Å²) in [7, 11) is 0. The van der Waals surface area contributed by atoms with Crippen molar-refractivity contribution in [3.63, 3.8) is 0 Å². The highest BCUT2D eigenvalue weighted by Gasteiger charge is 2.24. The Morgan fingerprint density at radius 3 is 1.41 bits per heavy atom. The fourth-order valence-electron chi connectivity index (χ4n) is 5.69. The van der Waals surface area contributed by atoms with Gasteiger partial charge in [0.2, 0.25) is 0 Å². The maximum atomic E-state index is 5.09. The zero-order valence-corrected chi connectivity index (χ0v) is 24.7. The fourth-order valence-corrected chi connectivity index (χ4v) is 6.75. The number of hydrogen-bond donors (Lipinski definition) is 0. The molecule has 4 heteroatoms. The molecule has 3 nitrogen and oxygen atoms in total. The molecule has 6 aromatic carbocycles. The van der Waals surface area contributed by atoms with E-state index in [1.807, 2.05) is 36.0 Å². The van der Waals surface area contributed by atoms with Gasteiger partial charge in [-0.15, -0.1) is 0 Å². The van der Waals surface area contributed by atoms with Gasteiger partial charge in [0.15, 0.2) is 5.82 Å². The highest BCUT2D eigenvalue weighted by atomic mass is 32.2. The second-order valence-corrected chi connectivity index (χ2v) is 11.8. The van der Waals surface area contributed by atoms with E-state index in [9.17, 15) is 0 Å². The van der Waals surface area contributed by atoms with E-state index >= 15 is 0 Å². The Hall–Kier alpha value is -5.45. The Morgan fingerprint density at radius 1 is 0.386 bits per heavy atom. The number of fused-ring (bicyclic) bond motifs is 2. The van der Waals surface area contributed by atoms with Crippen molar-refractivity contribution in [2.24, 2.45) is 0 Å². The van der Waals surface area contributed by atoms with Gasteiger partial charge in [-0.1, -0.05) is 121 Å². The summed E-state index contributed by atoms with van der Waals surface area (Å²) in [6.45, 7) is 0. The first-order valence-electron chi connectivity index (χ1n) is 14.7. The molecule has 0 bridgehead atoms. The summed E-state index contributed by atoms with van der Waals surface area (Å²) < 4.78 is 0. The molecule has 0 saturated heterocycles. The first kappa shape index (κ1) is 26.2. The molecule has 44 heavy (non-hydrogen) atoms. The lowest BCUT2D eigenvalue weighted by atomic mass is 10.0. The van der Waals surface area contributed by atoms with Crippen molar-refractivity contribution < 1.29 is 0 Å². The Morgan fingerprint density at radius 2 is 0.818 bits per heavy atom. The molecule has 0 N–H and O–H groups in total. The van der Waals surface area contributed by atoms with Gasteiger partial charge in [-0.2, -0.15) is 0 Å². The van der Waals surface area contributed by atoms with Crippen LogP contribution in [-0.4, -0.2) is 9.97 Å². The van der Waals surface area contributed by atoms with Crippen LogP contribution in [0.4, 0.5) is 17.1 Å². The fraction of sp³-hybridized carbons (Fsp3) is 0. The Kier molecular flexibility index (Phi) is 6.74. The van der Waals surface area contributed by atoms with Crippen LogP contribution in [0.2, 0.25) is 0 Å². The number of anilines is 3. The van der Waals surface area contributed by atoms with Gasteiger partial charge in [0.1, 0.15) is 0 Å². The van der Waals surface area contributed by atoms with Crippen molar-refractivity contribution in [1.82, 2.24) is 9.97 Å². The molecular weight excluding hydrogens is 555 g/mol. The molecule has 2 heterocycles. The number of para-hydroxylation sites is 2. The van der Waals surface area contributed by atoms with Gasteiger partial charge in [-0.25, -0.2) is 9.97 Å². The summed E-state index contributed by atoms with van der Waals surface area (Å²) in [6, 6.07) is 57.3. The third-order valence-electron chi connectivity index (χ3n) is 7.90. The minimum absolute atomic E-state index is 0.704. The molecular formula is C40H27N3S. The molecule has 8 rings (SSSR count). The zero-order chi connectivity index (χ0) is 29.3. The average Bonchev–Trinajstić information content (AvgIpc) is 3.11. The van der Waals surface area contributed by atoms with Crippen LogP contribution in [0, 0.1) is 0 Å². The van der Waals surface area contributed by atoms with Gasteiger partial charge in [0.05, 0.1) is 22.8 Å². The van der Waals surface area contributed by atoms with Gasteiger partial charge < -0.3 is 4.90 Å². The highest BCUT2D eigenvalue weighted by Crippen LogP contribution is 2.51. The molecule has 0 atom stereocenters. The van der Waals surface area contributed by atoms with E-state index in [1.54, 1.807) is 0 Å². The number of aromatic nitrogens is 2. The minimum Gasteiger partial charge on any atom is -0.308 e. The third-order valence-corrected chi connectivity index (χ3v) is 9.03. The Bertz CT molecular complexity index is 2030. The van der Waals surface area contributed by atoms with Crippen molar-refractivity contribution in [3.8, 4) is 45.0 Å². The SMILES string of the molecule is c1ccc(-c2ccc(-c3cc(-c4ccccc4)nc(-c4ccc(N5c6ccccc6Sc6ccccc65)cc4)n3)cc2)cc1. The summed E-state index contributed by atoms with van der Waals surface area (Å²) in [6.07, 6.45) is 0. The van der Waals surface area contributed by atoms with Crippen LogP contribution >= 0.6 is 11.8 Å². The first-order valence-corrected chi connectivity index (χ1v) is 15.5. The maximum Gasteiger partial charge on any atom is 0.160 e. The zero-order valence-electron chi connectivity index (χ0n) is 23.8. The van der Waals surface area contributed by atoms with Gasteiger partial charge in [-0.05, 0) is 65.7 Å². The largest absolute Gasteiger partial charge is 0.308 e. The van der Waals surface area contributed by atoms with Gasteiger partial charge in [-0.3, -0.25) is 0 Å². The molecule has 0 amide bonds. The standard InChI is InChI=1S/C40H27N3S/c1-3-11-28(12-4-1)29-19-21-31(22-20-29)35-27-34(30-13-5-2-6-14-30)41-40(42-35)32-23-25-33(26-24-32)43-36-15-7-9-17-38(36)44-39-18-10-8-16-37(39)43/h1-27H. The lowest BCUT2D eigenvalue weighted by molar-refractivity contribution is 1.16. The van der Waals surface area contributed by atoms with Crippen molar-refractivity contribution in [2.75, 3.05) is 4.90 Å². The molecule has 0 aliphatic carbocycles. The second-order valence-electron chi connectivity index (χ2n) is 10.7. The van der Waals surface area contributed by atoms with Gasteiger partial charge >= 0.3 is 0 Å². The lowest BCUT2D eigenvalue weighted by Gasteiger charge is -2.32. The van der Waals surface area contributed by atoms with Gasteiger partial charge in [0, 0.05) is 32.2 Å². The monoisotopic (exact) mass is 581 g/mol.